The van der Waals surface area contributed by atoms with E-state index in [1.54, 1.807) is 35.2 Å². The monoisotopic (exact) mass is 471 g/mol. The molecule has 0 aliphatic carbocycles. The molecule has 1 fully saturated rings. The summed E-state index contributed by atoms with van der Waals surface area (Å²) in [7, 11) is 0. The predicted octanol–water partition coefficient (Wildman–Crippen LogP) is 3.21. The van der Waals surface area contributed by atoms with E-state index in [1.807, 2.05) is 6.92 Å². The van der Waals surface area contributed by atoms with Gasteiger partial charge in [0.15, 0.2) is 0 Å². The van der Waals surface area contributed by atoms with Gasteiger partial charge in [0, 0.05) is 43.2 Å². The van der Waals surface area contributed by atoms with Crippen molar-refractivity contribution in [2.24, 2.45) is 5.92 Å². The van der Waals surface area contributed by atoms with E-state index in [-0.39, 0.29) is 23.6 Å². The molecular weight excluding hydrogens is 443 g/mol. The number of benzene rings is 1. The molecule has 1 aromatic carbocycles. The first-order chi connectivity index (χ1) is 15.5. The van der Waals surface area contributed by atoms with Crippen molar-refractivity contribution in [1.82, 2.24) is 10.2 Å². The quantitative estimate of drug-likeness (QED) is 0.528. The summed E-state index contributed by atoms with van der Waals surface area (Å²) in [6, 6.07) is 6.95. The zero-order valence-electron chi connectivity index (χ0n) is 18.3. The van der Waals surface area contributed by atoms with Gasteiger partial charge in [-0.1, -0.05) is 13.0 Å². The molecule has 1 aliphatic rings. The fourth-order valence-corrected chi connectivity index (χ4v) is 2.99. The molecule has 182 valence electrons. The maximum absolute atomic E-state index is 12.6. The van der Waals surface area contributed by atoms with Crippen molar-refractivity contribution in [2.75, 3.05) is 25.0 Å². The number of carbonyl (C=O) groups is 4. The highest BCUT2D eigenvalue weighted by Crippen LogP contribution is 2.20. The van der Waals surface area contributed by atoms with Crippen LogP contribution in [-0.2, 0) is 14.4 Å². The van der Waals surface area contributed by atoms with Gasteiger partial charge in [-0.15, -0.1) is 6.58 Å². The summed E-state index contributed by atoms with van der Waals surface area (Å²) in [6.07, 6.45) is -0.815. The largest absolute Gasteiger partial charge is 0.490 e. The van der Waals surface area contributed by atoms with Gasteiger partial charge in [-0.25, -0.2) is 4.79 Å². The molecule has 0 unspecified atom stereocenters. The lowest BCUT2D eigenvalue weighted by Gasteiger charge is -2.31. The van der Waals surface area contributed by atoms with Gasteiger partial charge in [-0.3, -0.25) is 14.4 Å². The summed E-state index contributed by atoms with van der Waals surface area (Å²) in [5, 5.41) is 12.7. The van der Waals surface area contributed by atoms with Crippen LogP contribution in [0.5, 0.6) is 0 Å². The molecule has 0 aromatic heterocycles. The number of aliphatic carboxylic acids is 1. The standard InChI is InChI=1S/C20H27N3O3.C2HF3O2/c1-3-5-18(24)22-17-8-6-16(7-9-17)20(26)23-13-10-15(11-14-23)19(25)21-12-4-2;3-2(4,5)1(6)7/h4,6-9,15H,2-3,5,10-14H2,1H3,(H,21,25)(H,22,24);(H,6,7). The van der Waals surface area contributed by atoms with Crippen molar-refractivity contribution in [3.05, 3.63) is 42.5 Å². The Morgan fingerprint density at radius 2 is 1.70 bits per heavy atom. The Hall–Kier alpha value is -3.37. The third-order valence-electron chi connectivity index (χ3n) is 4.71. The molecule has 3 amide bonds. The zero-order valence-corrected chi connectivity index (χ0v) is 18.3. The van der Waals surface area contributed by atoms with Crippen molar-refractivity contribution in [2.45, 2.75) is 38.8 Å². The van der Waals surface area contributed by atoms with Crippen LogP contribution < -0.4 is 10.6 Å². The van der Waals surface area contributed by atoms with E-state index in [4.69, 9.17) is 9.90 Å². The number of nitrogens with zero attached hydrogens (tertiary/aromatic N) is 1. The number of hydrogen-bond acceptors (Lipinski definition) is 4. The molecule has 2 rings (SSSR count). The first-order valence-corrected chi connectivity index (χ1v) is 10.4. The van der Waals surface area contributed by atoms with Gasteiger partial charge in [-0.2, -0.15) is 13.2 Å². The topological polar surface area (TPSA) is 116 Å². The van der Waals surface area contributed by atoms with Crippen LogP contribution in [0, 0.1) is 5.92 Å². The number of anilines is 1. The lowest BCUT2D eigenvalue weighted by atomic mass is 9.95. The molecule has 0 atom stereocenters. The third kappa shape index (κ3) is 9.75. The average Bonchev–Trinajstić information content (AvgIpc) is 2.77. The number of amides is 3. The van der Waals surface area contributed by atoms with E-state index in [1.165, 1.54) is 0 Å². The van der Waals surface area contributed by atoms with Crippen LogP contribution in [0.4, 0.5) is 18.9 Å². The smallest absolute Gasteiger partial charge is 0.475 e. The second-order valence-corrected chi connectivity index (χ2v) is 7.28. The fourth-order valence-electron chi connectivity index (χ4n) is 2.99. The van der Waals surface area contributed by atoms with Crippen molar-refractivity contribution in [3.63, 3.8) is 0 Å². The highest BCUT2D eigenvalue weighted by Gasteiger charge is 2.38. The van der Waals surface area contributed by atoms with E-state index in [9.17, 15) is 27.6 Å². The summed E-state index contributed by atoms with van der Waals surface area (Å²) in [4.78, 5) is 46.9. The minimum Gasteiger partial charge on any atom is -0.475 e. The van der Waals surface area contributed by atoms with Crippen molar-refractivity contribution < 1.29 is 37.5 Å². The zero-order chi connectivity index (χ0) is 25.0. The summed E-state index contributed by atoms with van der Waals surface area (Å²) in [5.41, 5.74) is 1.28. The van der Waals surface area contributed by atoms with Gasteiger partial charge in [0.1, 0.15) is 0 Å². The van der Waals surface area contributed by atoms with E-state index in [2.05, 4.69) is 17.2 Å². The summed E-state index contributed by atoms with van der Waals surface area (Å²) >= 11 is 0. The first-order valence-electron chi connectivity index (χ1n) is 10.4. The molecular formula is C22H28F3N3O5. The highest BCUT2D eigenvalue weighted by molar-refractivity contribution is 5.96. The molecule has 0 bridgehead atoms. The van der Waals surface area contributed by atoms with Crippen molar-refractivity contribution in [3.8, 4) is 0 Å². The molecule has 1 heterocycles. The minimum absolute atomic E-state index is 0.0246. The maximum atomic E-state index is 12.6. The number of likely N-dealkylation sites (tertiary alicyclic amines) is 1. The molecule has 1 aromatic rings. The van der Waals surface area contributed by atoms with Crippen LogP contribution in [-0.4, -0.2) is 59.5 Å². The molecule has 0 saturated carbocycles. The molecule has 0 radical (unpaired) electrons. The van der Waals surface area contributed by atoms with Gasteiger partial charge in [0.25, 0.3) is 5.91 Å². The summed E-state index contributed by atoms with van der Waals surface area (Å²) < 4.78 is 31.7. The first kappa shape index (κ1) is 27.7. The SMILES string of the molecule is C=CCNC(=O)C1CCN(C(=O)c2ccc(NC(=O)CCC)cc2)CC1.O=C(O)C(F)(F)F. The number of hydrogen-bond donors (Lipinski definition) is 3. The Kier molecular flexibility index (Phi) is 11.1. The minimum atomic E-state index is -5.08. The summed E-state index contributed by atoms with van der Waals surface area (Å²) in [6.45, 7) is 7.15. The van der Waals surface area contributed by atoms with E-state index in [0.717, 1.165) is 6.42 Å². The highest BCUT2D eigenvalue weighted by atomic mass is 19.4. The van der Waals surface area contributed by atoms with Crippen LogP contribution in [0.15, 0.2) is 36.9 Å². The number of piperidine rings is 1. The molecule has 33 heavy (non-hydrogen) atoms. The molecule has 1 saturated heterocycles. The molecule has 8 nitrogen and oxygen atoms in total. The van der Waals surface area contributed by atoms with Gasteiger partial charge < -0.3 is 20.6 Å². The normalized spacial score (nSPS) is 13.9. The lowest BCUT2D eigenvalue weighted by Crippen LogP contribution is -2.43. The van der Waals surface area contributed by atoms with Gasteiger partial charge >= 0.3 is 12.1 Å². The Morgan fingerprint density at radius 3 is 2.15 bits per heavy atom. The second-order valence-electron chi connectivity index (χ2n) is 7.28. The van der Waals surface area contributed by atoms with Gasteiger partial charge in [0.05, 0.1) is 0 Å². The van der Waals surface area contributed by atoms with Gasteiger partial charge in [0.2, 0.25) is 11.8 Å². The Bertz CT molecular complexity index is 833. The molecule has 3 N–H and O–H groups in total. The van der Waals surface area contributed by atoms with Crippen LogP contribution in [0.25, 0.3) is 0 Å². The van der Waals surface area contributed by atoms with E-state index < -0.39 is 12.1 Å². The van der Waals surface area contributed by atoms with Gasteiger partial charge in [-0.05, 0) is 43.5 Å². The van der Waals surface area contributed by atoms with Crippen LogP contribution >= 0.6 is 0 Å². The third-order valence-corrected chi connectivity index (χ3v) is 4.71. The van der Waals surface area contributed by atoms with Crippen LogP contribution in [0.1, 0.15) is 43.0 Å². The maximum Gasteiger partial charge on any atom is 0.490 e. The number of carbonyl (C=O) groups excluding carboxylic acids is 3. The molecule has 1 aliphatic heterocycles. The number of carboxylic acids is 1. The van der Waals surface area contributed by atoms with E-state index >= 15 is 0 Å². The van der Waals surface area contributed by atoms with E-state index in [0.29, 0.717) is 50.1 Å². The van der Waals surface area contributed by atoms with Crippen molar-refractivity contribution in [1.29, 1.82) is 0 Å². The predicted molar refractivity (Wildman–Crippen MR) is 116 cm³/mol. The molecule has 0 spiro atoms. The number of rotatable bonds is 7. The number of halogens is 3. The number of alkyl halides is 3. The van der Waals surface area contributed by atoms with Crippen LogP contribution in [0.3, 0.4) is 0 Å². The fraction of sp³-hybridized carbons (Fsp3) is 0.455. The Morgan fingerprint density at radius 1 is 1.15 bits per heavy atom. The lowest BCUT2D eigenvalue weighted by molar-refractivity contribution is -0.192. The molecule has 11 heteroatoms. The number of carboxylic acid groups (broad SMARTS) is 1. The Balaban J connectivity index is 0.000000675. The number of nitrogens with one attached hydrogen (secondary N) is 2. The average molecular weight is 471 g/mol. The second kappa shape index (κ2) is 13.2. The Labute approximate surface area is 189 Å². The van der Waals surface area contributed by atoms with Crippen molar-refractivity contribution >= 4 is 29.4 Å². The van der Waals surface area contributed by atoms with Crippen LogP contribution in [0.2, 0.25) is 0 Å². The summed E-state index contributed by atoms with van der Waals surface area (Å²) in [5.74, 6) is -2.84.